The van der Waals surface area contributed by atoms with Crippen molar-refractivity contribution in [3.05, 3.63) is 0 Å². The minimum Gasteiger partial charge on any atom is -0.338 e. The molecule has 0 spiro atoms. The Bertz CT molecular complexity index is 332. The van der Waals surface area contributed by atoms with Gasteiger partial charge in [-0.25, -0.2) is 0 Å². The molecule has 4 nitrogen and oxygen atoms in total. The monoisotopic (exact) mass is 249 g/mol. The first kappa shape index (κ1) is 13.4. The van der Waals surface area contributed by atoms with Gasteiger partial charge in [0.25, 0.3) is 0 Å². The van der Waals surface area contributed by atoms with Crippen molar-refractivity contribution in [1.82, 2.24) is 4.90 Å². The molecule has 4 heteroatoms. The average Bonchev–Trinajstić information content (AvgIpc) is 3.23. The van der Waals surface area contributed by atoms with Crippen LogP contribution >= 0.6 is 0 Å². The Kier molecular flexibility index (Phi) is 4.60. The highest BCUT2D eigenvalue weighted by atomic mass is 16.2. The van der Waals surface area contributed by atoms with Crippen LogP contribution in [-0.4, -0.2) is 29.9 Å². The average molecular weight is 249 g/mol. The summed E-state index contributed by atoms with van der Waals surface area (Å²) in [5, 5.41) is 8.70. The van der Waals surface area contributed by atoms with Crippen LogP contribution in [0.15, 0.2) is 0 Å². The van der Waals surface area contributed by atoms with Crippen LogP contribution in [0.5, 0.6) is 0 Å². The number of rotatable bonds is 5. The molecule has 2 aliphatic carbocycles. The predicted octanol–water partition coefficient (Wildman–Crippen LogP) is 1.66. The Morgan fingerprint density at radius 2 is 2.00 bits per heavy atom. The molecule has 18 heavy (non-hydrogen) atoms. The van der Waals surface area contributed by atoms with Crippen LogP contribution < -0.4 is 5.73 Å². The topological polar surface area (TPSA) is 70.1 Å². The Morgan fingerprint density at radius 1 is 1.28 bits per heavy atom. The van der Waals surface area contributed by atoms with Gasteiger partial charge in [0.15, 0.2) is 0 Å². The van der Waals surface area contributed by atoms with Crippen LogP contribution in [0.25, 0.3) is 0 Å². The van der Waals surface area contributed by atoms with Crippen LogP contribution in [0.4, 0.5) is 0 Å². The van der Waals surface area contributed by atoms with Crippen LogP contribution in [-0.2, 0) is 4.79 Å². The van der Waals surface area contributed by atoms with Crippen LogP contribution in [0.2, 0.25) is 0 Å². The SMILES string of the molecule is N#CCCN(C(=O)C1CCCCC1CN)C1CC1. The zero-order valence-corrected chi connectivity index (χ0v) is 11.0. The first-order chi connectivity index (χ1) is 8.77. The molecule has 2 rings (SSSR count). The van der Waals surface area contributed by atoms with E-state index in [0.717, 1.165) is 32.1 Å². The van der Waals surface area contributed by atoms with Gasteiger partial charge in [-0.15, -0.1) is 0 Å². The number of hydrogen-bond acceptors (Lipinski definition) is 3. The maximum Gasteiger partial charge on any atom is 0.226 e. The normalized spacial score (nSPS) is 27.6. The molecule has 0 aromatic carbocycles. The van der Waals surface area contributed by atoms with Crippen molar-refractivity contribution >= 4 is 5.91 Å². The first-order valence-corrected chi connectivity index (χ1v) is 7.15. The fourth-order valence-corrected chi connectivity index (χ4v) is 3.06. The molecule has 1 amide bonds. The van der Waals surface area contributed by atoms with Gasteiger partial charge < -0.3 is 10.6 Å². The number of nitrogens with zero attached hydrogens (tertiary/aromatic N) is 2. The van der Waals surface area contributed by atoms with Gasteiger partial charge in [0, 0.05) is 18.5 Å². The van der Waals surface area contributed by atoms with E-state index in [9.17, 15) is 4.79 Å². The summed E-state index contributed by atoms with van der Waals surface area (Å²) in [5.41, 5.74) is 5.80. The van der Waals surface area contributed by atoms with Gasteiger partial charge in [-0.3, -0.25) is 4.79 Å². The smallest absolute Gasteiger partial charge is 0.226 e. The molecular weight excluding hydrogens is 226 g/mol. The summed E-state index contributed by atoms with van der Waals surface area (Å²) in [6.45, 7) is 1.22. The van der Waals surface area contributed by atoms with Crippen molar-refractivity contribution in [3.8, 4) is 6.07 Å². The summed E-state index contributed by atoms with van der Waals surface area (Å²) in [6, 6.07) is 2.55. The fourth-order valence-electron chi connectivity index (χ4n) is 3.06. The molecule has 0 bridgehead atoms. The highest BCUT2D eigenvalue weighted by Crippen LogP contribution is 2.34. The zero-order chi connectivity index (χ0) is 13.0. The van der Waals surface area contributed by atoms with Crippen LogP contribution in [0, 0.1) is 23.2 Å². The largest absolute Gasteiger partial charge is 0.338 e. The highest BCUT2D eigenvalue weighted by molar-refractivity contribution is 5.80. The molecule has 2 N–H and O–H groups in total. The Labute approximate surface area is 109 Å². The van der Waals surface area contributed by atoms with E-state index in [4.69, 9.17) is 11.0 Å². The van der Waals surface area contributed by atoms with Crippen molar-refractivity contribution in [2.75, 3.05) is 13.1 Å². The molecule has 0 aromatic heterocycles. The minimum atomic E-state index is 0.114. The third-order valence-corrected chi connectivity index (χ3v) is 4.26. The number of amides is 1. The second-order valence-corrected chi connectivity index (χ2v) is 5.56. The van der Waals surface area contributed by atoms with E-state index in [1.807, 2.05) is 4.90 Å². The maximum absolute atomic E-state index is 12.6. The van der Waals surface area contributed by atoms with Gasteiger partial charge in [-0.05, 0) is 38.1 Å². The van der Waals surface area contributed by atoms with Crippen molar-refractivity contribution in [1.29, 1.82) is 5.26 Å². The summed E-state index contributed by atoms with van der Waals surface area (Å²) < 4.78 is 0. The van der Waals surface area contributed by atoms with Gasteiger partial charge in [-0.1, -0.05) is 12.8 Å². The molecule has 0 heterocycles. The fraction of sp³-hybridized carbons (Fsp3) is 0.857. The summed E-state index contributed by atoms with van der Waals surface area (Å²) in [4.78, 5) is 14.6. The lowest BCUT2D eigenvalue weighted by Crippen LogP contribution is -2.43. The molecule has 2 fully saturated rings. The molecule has 0 aliphatic heterocycles. The lowest BCUT2D eigenvalue weighted by molar-refractivity contribution is -0.139. The van der Waals surface area contributed by atoms with Crippen molar-refractivity contribution in [2.45, 2.75) is 51.0 Å². The van der Waals surface area contributed by atoms with E-state index in [2.05, 4.69) is 6.07 Å². The molecule has 2 atom stereocenters. The number of nitrogens with two attached hydrogens (primary N) is 1. The minimum absolute atomic E-state index is 0.114. The van der Waals surface area contributed by atoms with Crippen molar-refractivity contribution in [3.63, 3.8) is 0 Å². The zero-order valence-electron chi connectivity index (χ0n) is 11.0. The molecular formula is C14H23N3O. The Balaban J connectivity index is 1.99. The molecule has 0 saturated heterocycles. The second kappa shape index (κ2) is 6.19. The van der Waals surface area contributed by atoms with E-state index >= 15 is 0 Å². The van der Waals surface area contributed by atoms with Crippen molar-refractivity contribution < 1.29 is 4.79 Å². The molecule has 2 saturated carbocycles. The molecule has 2 unspecified atom stereocenters. The van der Waals surface area contributed by atoms with Gasteiger partial charge in [-0.2, -0.15) is 5.26 Å². The van der Waals surface area contributed by atoms with Gasteiger partial charge in [0.05, 0.1) is 12.5 Å². The summed E-state index contributed by atoms with van der Waals surface area (Å²) >= 11 is 0. The van der Waals surface area contributed by atoms with Gasteiger partial charge in [0.2, 0.25) is 5.91 Å². The lowest BCUT2D eigenvalue weighted by Gasteiger charge is -2.34. The molecule has 0 radical (unpaired) electrons. The summed E-state index contributed by atoms with van der Waals surface area (Å²) in [5.74, 6) is 0.737. The highest BCUT2D eigenvalue weighted by Gasteiger charge is 2.38. The molecule has 2 aliphatic rings. The summed E-state index contributed by atoms with van der Waals surface area (Å²) in [6.07, 6.45) is 7.08. The Hall–Kier alpha value is -1.08. The van der Waals surface area contributed by atoms with Crippen LogP contribution in [0.1, 0.15) is 44.9 Å². The van der Waals surface area contributed by atoms with E-state index in [1.165, 1.54) is 6.42 Å². The molecule has 100 valence electrons. The molecule has 0 aromatic rings. The van der Waals surface area contributed by atoms with Gasteiger partial charge in [0.1, 0.15) is 0 Å². The predicted molar refractivity (Wildman–Crippen MR) is 69.5 cm³/mol. The maximum atomic E-state index is 12.6. The van der Waals surface area contributed by atoms with Gasteiger partial charge >= 0.3 is 0 Å². The third-order valence-electron chi connectivity index (χ3n) is 4.26. The number of hydrogen-bond donors (Lipinski definition) is 1. The van der Waals surface area contributed by atoms with E-state index in [1.54, 1.807) is 0 Å². The Morgan fingerprint density at radius 3 is 2.61 bits per heavy atom. The lowest BCUT2D eigenvalue weighted by atomic mass is 9.78. The summed E-state index contributed by atoms with van der Waals surface area (Å²) in [7, 11) is 0. The van der Waals surface area contributed by atoms with E-state index < -0.39 is 0 Å². The quantitative estimate of drug-likeness (QED) is 0.805. The van der Waals surface area contributed by atoms with E-state index in [-0.39, 0.29) is 11.8 Å². The number of nitriles is 1. The third kappa shape index (κ3) is 3.02. The van der Waals surface area contributed by atoms with Crippen molar-refractivity contribution in [2.24, 2.45) is 17.6 Å². The van der Waals surface area contributed by atoms with Crippen LogP contribution in [0.3, 0.4) is 0 Å². The van der Waals surface area contributed by atoms with E-state index in [0.29, 0.717) is 31.5 Å². The first-order valence-electron chi connectivity index (χ1n) is 7.15. The number of carbonyl (C=O) groups excluding carboxylic acids is 1. The number of carbonyl (C=O) groups is 1. The standard InChI is InChI=1S/C14H23N3O/c15-8-3-9-17(12-6-7-12)14(18)13-5-2-1-4-11(13)10-16/h11-13H,1-7,9-10,16H2. The second-order valence-electron chi connectivity index (χ2n) is 5.56.